The number of furan rings is 1. The zero-order valence-corrected chi connectivity index (χ0v) is 18.8. The van der Waals surface area contributed by atoms with E-state index in [0.717, 1.165) is 31.2 Å². The van der Waals surface area contributed by atoms with Gasteiger partial charge < -0.3 is 9.40 Å². The van der Waals surface area contributed by atoms with E-state index in [4.69, 9.17) is 27.6 Å². The van der Waals surface area contributed by atoms with Crippen molar-refractivity contribution in [2.45, 2.75) is 25.7 Å². The summed E-state index contributed by atoms with van der Waals surface area (Å²) < 4.78 is 5.75. The molecule has 0 radical (unpaired) electrons. The van der Waals surface area contributed by atoms with Gasteiger partial charge >= 0.3 is 0 Å². The van der Waals surface area contributed by atoms with Gasteiger partial charge in [-0.1, -0.05) is 23.2 Å². The average Bonchev–Trinajstić information content (AvgIpc) is 3.38. The summed E-state index contributed by atoms with van der Waals surface area (Å²) in [6.45, 7) is 0. The van der Waals surface area contributed by atoms with Gasteiger partial charge in [-0.25, -0.2) is 4.98 Å². The van der Waals surface area contributed by atoms with Crippen molar-refractivity contribution in [1.29, 1.82) is 0 Å². The number of nitro groups is 1. The van der Waals surface area contributed by atoms with Crippen LogP contribution in [0.4, 0.5) is 5.69 Å². The summed E-state index contributed by atoms with van der Waals surface area (Å²) >= 11 is 13.9. The number of nitro benzene ring substituents is 1. The molecule has 162 valence electrons. The van der Waals surface area contributed by atoms with Gasteiger partial charge in [0.1, 0.15) is 16.4 Å². The summed E-state index contributed by atoms with van der Waals surface area (Å²) in [5.41, 5.74) is 1.05. The van der Waals surface area contributed by atoms with E-state index in [1.165, 1.54) is 23.1 Å². The topological polar surface area (TPSA) is 102 Å². The number of thiophene rings is 1. The fraction of sp³-hybridized carbons (Fsp3) is 0.182. The predicted molar refractivity (Wildman–Crippen MR) is 126 cm³/mol. The highest BCUT2D eigenvalue weighted by Crippen LogP contribution is 2.36. The van der Waals surface area contributed by atoms with Crippen molar-refractivity contribution in [3.63, 3.8) is 0 Å². The van der Waals surface area contributed by atoms with Crippen LogP contribution in [0, 0.1) is 10.1 Å². The Labute approximate surface area is 195 Å². The van der Waals surface area contributed by atoms with Crippen LogP contribution in [0.25, 0.3) is 32.6 Å². The number of aromatic amines is 1. The van der Waals surface area contributed by atoms with Crippen molar-refractivity contribution in [3.8, 4) is 11.3 Å². The number of aromatic nitrogens is 2. The lowest BCUT2D eigenvalue weighted by Crippen LogP contribution is -2.12. The molecule has 0 amide bonds. The summed E-state index contributed by atoms with van der Waals surface area (Å²) in [6.07, 6.45) is 5.59. The van der Waals surface area contributed by atoms with E-state index in [1.807, 2.05) is 0 Å². The van der Waals surface area contributed by atoms with Crippen molar-refractivity contribution in [1.82, 2.24) is 9.97 Å². The molecule has 3 aromatic heterocycles. The van der Waals surface area contributed by atoms with E-state index >= 15 is 0 Å². The Kier molecular flexibility index (Phi) is 5.36. The summed E-state index contributed by atoms with van der Waals surface area (Å²) in [5, 5.41) is 12.5. The van der Waals surface area contributed by atoms with Crippen LogP contribution in [-0.4, -0.2) is 14.9 Å². The number of hydrogen-bond acceptors (Lipinski definition) is 6. The van der Waals surface area contributed by atoms with Crippen LogP contribution in [0.5, 0.6) is 0 Å². The van der Waals surface area contributed by atoms with E-state index in [1.54, 1.807) is 29.5 Å². The standard InChI is InChI=1S/C22H15Cl2N3O4S/c23-11-5-7-13(16(9-11)27(29)30)17-8-6-12(31-17)10-15(24)20-25-21(28)19-14-3-1-2-4-18(14)32-22(19)26-20/h5-10H,1-4H2,(H,25,26,28)/b15-10-. The van der Waals surface area contributed by atoms with Crippen LogP contribution in [0.15, 0.2) is 39.5 Å². The number of aryl methyl sites for hydroxylation is 2. The Bertz CT molecular complexity index is 1470. The lowest BCUT2D eigenvalue weighted by atomic mass is 9.97. The fourth-order valence-corrected chi connectivity index (χ4v) is 5.54. The normalized spacial score (nSPS) is 14.0. The van der Waals surface area contributed by atoms with Crippen LogP contribution < -0.4 is 5.56 Å². The minimum absolute atomic E-state index is 0.161. The molecular formula is C22H15Cl2N3O4S. The highest BCUT2D eigenvalue weighted by Gasteiger charge is 2.21. The second kappa shape index (κ2) is 8.20. The number of nitrogens with zero attached hydrogens (tertiary/aromatic N) is 2. The third kappa shape index (κ3) is 3.74. The molecule has 1 aliphatic rings. The molecule has 4 aromatic rings. The van der Waals surface area contributed by atoms with Crippen molar-refractivity contribution in [2.24, 2.45) is 0 Å². The molecule has 0 saturated carbocycles. The molecule has 1 aromatic carbocycles. The van der Waals surface area contributed by atoms with Crippen molar-refractivity contribution in [3.05, 3.63) is 77.8 Å². The van der Waals surface area contributed by atoms with Gasteiger partial charge in [-0.3, -0.25) is 14.9 Å². The molecule has 10 heteroatoms. The lowest BCUT2D eigenvalue weighted by molar-refractivity contribution is -0.384. The molecule has 0 fully saturated rings. The number of halogens is 2. The molecule has 7 nitrogen and oxygen atoms in total. The van der Waals surface area contributed by atoms with E-state index < -0.39 is 4.92 Å². The Balaban J connectivity index is 1.51. The number of benzene rings is 1. The molecule has 0 saturated heterocycles. The molecule has 3 heterocycles. The summed E-state index contributed by atoms with van der Waals surface area (Å²) in [5.74, 6) is 0.910. The van der Waals surface area contributed by atoms with Gasteiger partial charge in [-0.2, -0.15) is 0 Å². The maximum absolute atomic E-state index is 12.7. The number of nitrogens with one attached hydrogen (secondary N) is 1. The first kappa shape index (κ1) is 20.9. The number of hydrogen-bond donors (Lipinski definition) is 1. The highest BCUT2D eigenvalue weighted by molar-refractivity contribution is 7.18. The van der Waals surface area contributed by atoms with Crippen molar-refractivity contribution in [2.75, 3.05) is 0 Å². The maximum atomic E-state index is 12.7. The monoisotopic (exact) mass is 487 g/mol. The minimum Gasteiger partial charge on any atom is -0.456 e. The van der Waals surface area contributed by atoms with Crippen LogP contribution in [0.1, 0.15) is 34.9 Å². The van der Waals surface area contributed by atoms with E-state index in [2.05, 4.69) is 9.97 Å². The van der Waals surface area contributed by atoms with Gasteiger partial charge in [0.25, 0.3) is 11.2 Å². The Morgan fingerprint density at radius 1 is 1.25 bits per heavy atom. The van der Waals surface area contributed by atoms with Gasteiger partial charge in [-0.05, 0) is 55.5 Å². The quantitative estimate of drug-likeness (QED) is 0.264. The Morgan fingerprint density at radius 3 is 2.88 bits per heavy atom. The van der Waals surface area contributed by atoms with E-state index in [0.29, 0.717) is 27.3 Å². The van der Waals surface area contributed by atoms with Crippen LogP contribution in [-0.2, 0) is 12.8 Å². The third-order valence-corrected chi connectivity index (χ3v) is 7.08. The molecule has 0 unspecified atom stereocenters. The average molecular weight is 488 g/mol. The Hall–Kier alpha value is -2.94. The SMILES string of the molecule is O=c1[nH]c(/C(Cl)=C/c2ccc(-c3ccc(Cl)cc3[N+](=O)[O-])o2)nc2sc3c(c12)CCCC3. The molecule has 5 rings (SSSR count). The molecule has 0 bridgehead atoms. The van der Waals surface area contributed by atoms with Gasteiger partial charge in [0.15, 0.2) is 5.82 Å². The summed E-state index contributed by atoms with van der Waals surface area (Å²) in [6, 6.07) is 7.60. The second-order valence-electron chi connectivity index (χ2n) is 7.42. The number of fused-ring (bicyclic) bond motifs is 3. The van der Waals surface area contributed by atoms with Gasteiger partial charge in [0, 0.05) is 22.0 Å². The zero-order chi connectivity index (χ0) is 22.4. The Morgan fingerprint density at radius 2 is 2.06 bits per heavy atom. The predicted octanol–water partition coefficient (Wildman–Crippen LogP) is 6.42. The molecule has 32 heavy (non-hydrogen) atoms. The van der Waals surface area contributed by atoms with Gasteiger partial charge in [0.2, 0.25) is 0 Å². The molecule has 1 aliphatic carbocycles. The van der Waals surface area contributed by atoms with Crippen molar-refractivity contribution >= 4 is 61.6 Å². The van der Waals surface area contributed by atoms with E-state index in [-0.39, 0.29) is 27.1 Å². The summed E-state index contributed by atoms with van der Waals surface area (Å²) in [7, 11) is 0. The first-order valence-corrected chi connectivity index (χ1v) is 11.4. The van der Waals surface area contributed by atoms with Crippen molar-refractivity contribution < 1.29 is 9.34 Å². The smallest absolute Gasteiger partial charge is 0.281 e. The molecule has 0 aliphatic heterocycles. The first-order valence-electron chi connectivity index (χ1n) is 9.87. The minimum atomic E-state index is -0.517. The maximum Gasteiger partial charge on any atom is 0.281 e. The van der Waals surface area contributed by atoms with E-state index in [9.17, 15) is 14.9 Å². The molecule has 1 N–H and O–H groups in total. The molecule has 0 spiro atoms. The largest absolute Gasteiger partial charge is 0.456 e. The first-order chi connectivity index (χ1) is 15.4. The van der Waals surface area contributed by atoms with Crippen LogP contribution in [0.3, 0.4) is 0 Å². The fourth-order valence-electron chi connectivity index (χ4n) is 3.91. The van der Waals surface area contributed by atoms with Gasteiger partial charge in [-0.15, -0.1) is 11.3 Å². The number of H-pyrrole nitrogens is 1. The lowest BCUT2D eigenvalue weighted by Gasteiger charge is -2.09. The highest BCUT2D eigenvalue weighted by atomic mass is 35.5. The third-order valence-electron chi connectivity index (χ3n) is 5.37. The zero-order valence-electron chi connectivity index (χ0n) is 16.5. The van der Waals surface area contributed by atoms with Gasteiger partial charge in [0.05, 0.1) is 20.9 Å². The number of rotatable bonds is 4. The molecule has 0 atom stereocenters. The second-order valence-corrected chi connectivity index (χ2v) is 9.35. The molecular weight excluding hydrogens is 473 g/mol. The summed E-state index contributed by atoms with van der Waals surface area (Å²) in [4.78, 5) is 32.8. The van der Waals surface area contributed by atoms with Crippen LogP contribution in [0.2, 0.25) is 5.02 Å². The van der Waals surface area contributed by atoms with Crippen LogP contribution >= 0.6 is 34.5 Å².